The van der Waals surface area contributed by atoms with Crippen LogP contribution in [-0.2, 0) is 0 Å². The maximum Gasteiger partial charge on any atom is 0.123 e. The van der Waals surface area contributed by atoms with Crippen molar-refractivity contribution < 1.29 is 9.50 Å². The molecule has 0 atom stereocenters. The Morgan fingerprint density at radius 1 is 1.00 bits per heavy atom. The minimum atomic E-state index is -0.304. The molecule has 0 aliphatic heterocycles. The highest BCUT2D eigenvalue weighted by Gasteiger charge is 2.04. The van der Waals surface area contributed by atoms with Crippen molar-refractivity contribution in [3.05, 3.63) is 48.3 Å². The van der Waals surface area contributed by atoms with Crippen LogP contribution in [0.4, 0.5) is 10.1 Å². The van der Waals surface area contributed by atoms with Crippen molar-refractivity contribution in [2.45, 2.75) is 0 Å². The lowest BCUT2D eigenvalue weighted by Gasteiger charge is -2.05. The summed E-state index contributed by atoms with van der Waals surface area (Å²) in [6, 6.07) is 10.7. The Hall–Kier alpha value is -2.03. The number of aromatic hydroxyl groups is 1. The van der Waals surface area contributed by atoms with Crippen LogP contribution in [0.3, 0.4) is 0 Å². The van der Waals surface area contributed by atoms with E-state index in [1.165, 1.54) is 18.2 Å². The first kappa shape index (κ1) is 9.52. The molecule has 0 aliphatic carbocycles. The van der Waals surface area contributed by atoms with Crippen LogP contribution in [0.1, 0.15) is 0 Å². The third kappa shape index (κ3) is 1.91. The maximum absolute atomic E-state index is 12.7. The van der Waals surface area contributed by atoms with Gasteiger partial charge in [-0.3, -0.25) is 0 Å². The van der Waals surface area contributed by atoms with Gasteiger partial charge in [0.05, 0.1) is 0 Å². The van der Waals surface area contributed by atoms with E-state index in [2.05, 4.69) is 0 Å². The second-order valence-corrected chi connectivity index (χ2v) is 3.28. The smallest absolute Gasteiger partial charge is 0.123 e. The molecule has 2 nitrogen and oxygen atoms in total. The average molecular weight is 203 g/mol. The van der Waals surface area contributed by atoms with Gasteiger partial charge in [0.25, 0.3) is 0 Å². The molecule has 0 unspecified atom stereocenters. The van der Waals surface area contributed by atoms with Crippen LogP contribution in [0.2, 0.25) is 0 Å². The number of anilines is 1. The van der Waals surface area contributed by atoms with Crippen molar-refractivity contribution in [2.75, 3.05) is 5.73 Å². The molecular weight excluding hydrogens is 193 g/mol. The third-order valence-electron chi connectivity index (χ3n) is 2.18. The van der Waals surface area contributed by atoms with E-state index in [1.807, 2.05) is 0 Å². The molecule has 0 spiro atoms. The molecule has 0 amide bonds. The normalized spacial score (nSPS) is 10.2. The summed E-state index contributed by atoms with van der Waals surface area (Å²) < 4.78 is 12.7. The molecule has 2 aromatic rings. The van der Waals surface area contributed by atoms with Gasteiger partial charge in [0.15, 0.2) is 0 Å². The van der Waals surface area contributed by atoms with Gasteiger partial charge in [-0.05, 0) is 35.9 Å². The van der Waals surface area contributed by atoms with E-state index in [-0.39, 0.29) is 11.6 Å². The fourth-order valence-electron chi connectivity index (χ4n) is 1.41. The van der Waals surface area contributed by atoms with Crippen LogP contribution in [0.25, 0.3) is 11.1 Å². The first-order chi connectivity index (χ1) is 7.16. The Labute approximate surface area is 86.8 Å². The van der Waals surface area contributed by atoms with Crippen LogP contribution in [-0.4, -0.2) is 5.11 Å². The topological polar surface area (TPSA) is 46.2 Å². The number of hydrogen-bond acceptors (Lipinski definition) is 2. The van der Waals surface area contributed by atoms with Gasteiger partial charge in [-0.1, -0.05) is 12.1 Å². The summed E-state index contributed by atoms with van der Waals surface area (Å²) in [5, 5.41) is 9.61. The Morgan fingerprint density at radius 2 is 1.67 bits per heavy atom. The lowest BCUT2D eigenvalue weighted by molar-refractivity contribution is 0.477. The standard InChI is InChI=1S/C12H10FNO/c13-9-3-1-8(2-4-9)11-7-10(14)5-6-12(11)15/h1-7,15H,14H2. The number of halogens is 1. The van der Waals surface area contributed by atoms with Crippen molar-refractivity contribution in [2.24, 2.45) is 0 Å². The first-order valence-corrected chi connectivity index (χ1v) is 4.51. The molecule has 0 aliphatic rings. The number of nitrogen functional groups attached to an aromatic ring is 1. The summed E-state index contributed by atoms with van der Waals surface area (Å²) in [6.07, 6.45) is 0. The van der Waals surface area contributed by atoms with E-state index in [4.69, 9.17) is 5.73 Å². The summed E-state index contributed by atoms with van der Waals surface area (Å²) in [7, 11) is 0. The van der Waals surface area contributed by atoms with Gasteiger partial charge in [0, 0.05) is 11.3 Å². The van der Waals surface area contributed by atoms with Crippen LogP contribution < -0.4 is 5.73 Å². The Kier molecular flexibility index (Phi) is 2.29. The van der Waals surface area contributed by atoms with Gasteiger partial charge >= 0.3 is 0 Å². The summed E-state index contributed by atoms with van der Waals surface area (Å²) in [4.78, 5) is 0. The van der Waals surface area contributed by atoms with Crippen LogP contribution in [0.5, 0.6) is 5.75 Å². The van der Waals surface area contributed by atoms with Crippen molar-refractivity contribution in [3.63, 3.8) is 0 Å². The molecule has 15 heavy (non-hydrogen) atoms. The summed E-state index contributed by atoms with van der Waals surface area (Å²) in [5.74, 6) is -0.169. The van der Waals surface area contributed by atoms with Crippen LogP contribution in [0, 0.1) is 5.82 Å². The van der Waals surface area contributed by atoms with Gasteiger partial charge in [-0.15, -0.1) is 0 Å². The molecule has 76 valence electrons. The van der Waals surface area contributed by atoms with E-state index in [1.54, 1.807) is 24.3 Å². The molecular formula is C12H10FNO. The van der Waals surface area contributed by atoms with E-state index >= 15 is 0 Å². The molecule has 0 heterocycles. The van der Waals surface area contributed by atoms with Crippen LogP contribution in [0.15, 0.2) is 42.5 Å². The van der Waals surface area contributed by atoms with Crippen molar-refractivity contribution in [3.8, 4) is 16.9 Å². The minimum Gasteiger partial charge on any atom is -0.507 e. The number of benzene rings is 2. The summed E-state index contributed by atoms with van der Waals surface area (Å²) in [6.45, 7) is 0. The lowest BCUT2D eigenvalue weighted by atomic mass is 10.0. The molecule has 0 fully saturated rings. The van der Waals surface area contributed by atoms with Crippen LogP contribution >= 0.6 is 0 Å². The van der Waals surface area contributed by atoms with Crippen molar-refractivity contribution in [1.29, 1.82) is 0 Å². The molecule has 2 rings (SSSR count). The summed E-state index contributed by atoms with van der Waals surface area (Å²) >= 11 is 0. The average Bonchev–Trinajstić information content (AvgIpc) is 2.23. The molecule has 3 heteroatoms. The van der Waals surface area contributed by atoms with Gasteiger partial charge in [-0.2, -0.15) is 0 Å². The van der Waals surface area contributed by atoms with Gasteiger partial charge < -0.3 is 10.8 Å². The minimum absolute atomic E-state index is 0.135. The highest BCUT2D eigenvalue weighted by Crippen LogP contribution is 2.30. The predicted molar refractivity (Wildman–Crippen MR) is 57.9 cm³/mol. The molecule has 0 saturated carbocycles. The molecule has 3 N–H and O–H groups in total. The zero-order valence-corrected chi connectivity index (χ0v) is 7.94. The zero-order valence-electron chi connectivity index (χ0n) is 7.94. The van der Waals surface area contributed by atoms with Gasteiger partial charge in [-0.25, -0.2) is 4.39 Å². The second kappa shape index (κ2) is 3.61. The number of hydrogen-bond donors (Lipinski definition) is 2. The van der Waals surface area contributed by atoms with E-state index < -0.39 is 0 Å². The molecule has 0 aromatic heterocycles. The number of rotatable bonds is 1. The van der Waals surface area contributed by atoms with Gasteiger partial charge in [0.1, 0.15) is 11.6 Å². The third-order valence-corrected chi connectivity index (χ3v) is 2.18. The van der Waals surface area contributed by atoms with Gasteiger partial charge in [0.2, 0.25) is 0 Å². The first-order valence-electron chi connectivity index (χ1n) is 4.51. The highest BCUT2D eigenvalue weighted by atomic mass is 19.1. The monoisotopic (exact) mass is 203 g/mol. The van der Waals surface area contributed by atoms with E-state index in [0.717, 1.165) is 5.56 Å². The van der Waals surface area contributed by atoms with E-state index in [0.29, 0.717) is 11.3 Å². The Morgan fingerprint density at radius 3 is 2.33 bits per heavy atom. The van der Waals surface area contributed by atoms with E-state index in [9.17, 15) is 9.50 Å². The molecule has 0 radical (unpaired) electrons. The Bertz CT molecular complexity index is 479. The lowest BCUT2D eigenvalue weighted by Crippen LogP contribution is -1.86. The fourth-order valence-corrected chi connectivity index (χ4v) is 1.41. The highest BCUT2D eigenvalue weighted by molar-refractivity contribution is 5.73. The number of phenolic OH excluding ortho intramolecular Hbond substituents is 1. The predicted octanol–water partition coefficient (Wildman–Crippen LogP) is 2.78. The molecule has 0 bridgehead atoms. The second-order valence-electron chi connectivity index (χ2n) is 3.28. The van der Waals surface area contributed by atoms with Crippen molar-refractivity contribution in [1.82, 2.24) is 0 Å². The SMILES string of the molecule is Nc1ccc(O)c(-c2ccc(F)cc2)c1. The fraction of sp³-hybridized carbons (Fsp3) is 0. The largest absolute Gasteiger partial charge is 0.507 e. The quantitative estimate of drug-likeness (QED) is 0.553. The van der Waals surface area contributed by atoms with Crippen molar-refractivity contribution >= 4 is 5.69 Å². The Balaban J connectivity index is 2.53. The number of phenols is 1. The summed E-state index contributed by atoms with van der Waals surface area (Å²) in [5.41, 5.74) is 7.52. The maximum atomic E-state index is 12.7. The number of nitrogens with two attached hydrogens (primary N) is 1. The molecule has 2 aromatic carbocycles. The molecule has 0 saturated heterocycles. The zero-order chi connectivity index (χ0) is 10.8.